The number of halogens is 3. The van der Waals surface area contributed by atoms with Gasteiger partial charge in [0.1, 0.15) is 16.8 Å². The normalized spacial score (nSPS) is 19.7. The molecule has 2 atom stereocenters. The number of nitrogens with zero attached hydrogens (tertiary/aromatic N) is 3. The number of hydrogen-bond donors (Lipinski definition) is 2. The first-order chi connectivity index (χ1) is 14.9. The maximum absolute atomic E-state index is 13.1. The molecule has 7 nitrogen and oxygen atoms in total. The first-order valence-corrected chi connectivity index (χ1v) is 11.1. The fraction of sp³-hybridized carbons (Fsp3) is 0.381. The molecule has 1 aliphatic heterocycles. The Balaban J connectivity index is 1.84. The lowest BCUT2D eigenvalue weighted by atomic mass is 9.95. The fourth-order valence-corrected chi connectivity index (χ4v) is 4.79. The van der Waals surface area contributed by atoms with Crippen molar-refractivity contribution in [2.75, 3.05) is 30.3 Å². The third kappa shape index (κ3) is 4.53. The van der Waals surface area contributed by atoms with Crippen molar-refractivity contribution >= 4 is 21.5 Å². The minimum atomic E-state index is -4.82. The molecule has 0 aliphatic carbocycles. The third-order valence-electron chi connectivity index (χ3n) is 5.36. The van der Waals surface area contributed by atoms with Gasteiger partial charge in [-0.05, 0) is 43.7 Å². The van der Waals surface area contributed by atoms with Crippen LogP contribution in [0.25, 0.3) is 0 Å². The molecule has 11 heteroatoms. The summed E-state index contributed by atoms with van der Waals surface area (Å²) in [5.41, 5.74) is 2.84. The summed E-state index contributed by atoms with van der Waals surface area (Å²) in [5.74, 6) is 5.96. The minimum Gasteiger partial charge on any atom is -0.384 e. The average Bonchev–Trinajstić information content (AvgIpc) is 2.73. The van der Waals surface area contributed by atoms with E-state index in [1.807, 2.05) is 4.90 Å². The zero-order valence-electron chi connectivity index (χ0n) is 17.5. The zero-order chi connectivity index (χ0) is 23.7. The molecule has 2 aromatic rings. The van der Waals surface area contributed by atoms with Crippen LogP contribution in [0.3, 0.4) is 0 Å². The molecular formula is C21H23F3N4O3S. The second kappa shape index (κ2) is 8.61. The molecule has 1 aliphatic rings. The van der Waals surface area contributed by atoms with Crippen molar-refractivity contribution in [3.05, 3.63) is 48.2 Å². The smallest absolute Gasteiger partial charge is 0.384 e. The van der Waals surface area contributed by atoms with Crippen LogP contribution in [0.1, 0.15) is 19.4 Å². The Kier molecular flexibility index (Phi) is 6.42. The summed E-state index contributed by atoms with van der Waals surface area (Å²) in [7, 11) is -3.82. The second-order valence-corrected chi connectivity index (χ2v) is 9.44. The number of pyridine rings is 1. The maximum atomic E-state index is 13.1. The second-order valence-electron chi connectivity index (χ2n) is 7.50. The van der Waals surface area contributed by atoms with Gasteiger partial charge >= 0.3 is 6.18 Å². The van der Waals surface area contributed by atoms with Gasteiger partial charge in [0.05, 0.1) is 0 Å². The highest BCUT2D eigenvalue weighted by Crippen LogP contribution is 2.39. The van der Waals surface area contributed by atoms with Crippen LogP contribution in [0, 0.1) is 11.8 Å². The van der Waals surface area contributed by atoms with Gasteiger partial charge < -0.3 is 15.7 Å². The number of sulfonamides is 1. The maximum Gasteiger partial charge on any atom is 0.421 e. The van der Waals surface area contributed by atoms with Crippen LogP contribution in [0.5, 0.6) is 0 Å². The van der Waals surface area contributed by atoms with E-state index in [1.54, 1.807) is 6.92 Å². The molecule has 0 saturated carbocycles. The number of alkyl halides is 3. The van der Waals surface area contributed by atoms with Gasteiger partial charge in [-0.2, -0.15) is 17.5 Å². The van der Waals surface area contributed by atoms with Gasteiger partial charge in [0.2, 0.25) is 10.0 Å². The monoisotopic (exact) mass is 468 g/mol. The summed E-state index contributed by atoms with van der Waals surface area (Å²) in [4.78, 5) is 5.68. The number of piperazine rings is 1. The van der Waals surface area contributed by atoms with E-state index in [-0.39, 0.29) is 35.9 Å². The molecular weight excluding hydrogens is 445 g/mol. The molecule has 32 heavy (non-hydrogen) atoms. The van der Waals surface area contributed by atoms with Crippen molar-refractivity contribution in [1.82, 2.24) is 9.29 Å². The largest absolute Gasteiger partial charge is 0.421 e. The predicted octanol–water partition coefficient (Wildman–Crippen LogP) is 2.34. The molecule has 0 bridgehead atoms. The molecule has 0 unspecified atom stereocenters. The van der Waals surface area contributed by atoms with Crippen LogP contribution in [-0.4, -0.2) is 54.7 Å². The lowest BCUT2D eigenvalue weighted by Crippen LogP contribution is -2.54. The molecule has 172 valence electrons. The Labute approximate surface area is 184 Å². The van der Waals surface area contributed by atoms with E-state index in [0.29, 0.717) is 12.6 Å². The molecule has 1 fully saturated rings. The van der Waals surface area contributed by atoms with Crippen LogP contribution >= 0.6 is 0 Å². The van der Waals surface area contributed by atoms with Gasteiger partial charge in [0.15, 0.2) is 5.60 Å². The molecule has 1 saturated heterocycles. The zero-order valence-corrected chi connectivity index (χ0v) is 18.3. The molecule has 3 rings (SSSR count). The van der Waals surface area contributed by atoms with E-state index >= 15 is 0 Å². The quantitative estimate of drug-likeness (QED) is 0.669. The van der Waals surface area contributed by atoms with Crippen LogP contribution in [-0.2, 0) is 15.6 Å². The fourth-order valence-electron chi connectivity index (χ4n) is 3.41. The summed E-state index contributed by atoms with van der Waals surface area (Å²) < 4.78 is 66.6. The molecule has 2 heterocycles. The summed E-state index contributed by atoms with van der Waals surface area (Å²) in [6.45, 7) is 2.81. The first kappa shape index (κ1) is 23.8. The number of nitrogen functional groups attached to an aromatic ring is 1. The van der Waals surface area contributed by atoms with E-state index < -0.39 is 27.8 Å². The van der Waals surface area contributed by atoms with Gasteiger partial charge in [0, 0.05) is 31.5 Å². The van der Waals surface area contributed by atoms with Crippen molar-refractivity contribution < 1.29 is 26.7 Å². The first-order valence-electron chi connectivity index (χ1n) is 9.68. The van der Waals surface area contributed by atoms with E-state index in [0.717, 1.165) is 0 Å². The summed E-state index contributed by atoms with van der Waals surface area (Å²) in [6.07, 6.45) is -3.62. The molecule has 0 amide bonds. The van der Waals surface area contributed by atoms with E-state index in [2.05, 4.69) is 16.8 Å². The Hall–Kier alpha value is -2.81. The van der Waals surface area contributed by atoms with Gasteiger partial charge in [-0.1, -0.05) is 18.1 Å². The van der Waals surface area contributed by atoms with Crippen LogP contribution in [0.2, 0.25) is 0 Å². The van der Waals surface area contributed by atoms with Crippen molar-refractivity contribution in [2.24, 2.45) is 0 Å². The summed E-state index contributed by atoms with van der Waals surface area (Å²) in [5, 5.41) is 9.86. The number of nitrogens with two attached hydrogens (primary N) is 1. The van der Waals surface area contributed by atoms with Crippen LogP contribution < -0.4 is 10.6 Å². The van der Waals surface area contributed by atoms with E-state index in [1.165, 1.54) is 46.9 Å². The number of aromatic nitrogens is 1. The lowest BCUT2D eigenvalue weighted by Gasteiger charge is -2.40. The van der Waals surface area contributed by atoms with Crippen molar-refractivity contribution in [1.29, 1.82) is 0 Å². The van der Waals surface area contributed by atoms with Gasteiger partial charge in [-0.3, -0.25) is 0 Å². The van der Waals surface area contributed by atoms with E-state index in [4.69, 9.17) is 5.73 Å². The molecule has 3 N–H and O–H groups in total. The number of hydrogen-bond acceptors (Lipinski definition) is 6. The predicted molar refractivity (Wildman–Crippen MR) is 114 cm³/mol. The number of rotatable bonds is 4. The Morgan fingerprint density at radius 2 is 1.81 bits per heavy atom. The number of anilines is 2. The topological polar surface area (TPSA) is 99.8 Å². The van der Waals surface area contributed by atoms with Crippen LogP contribution in [0.4, 0.5) is 24.7 Å². The van der Waals surface area contributed by atoms with Gasteiger partial charge in [0.25, 0.3) is 0 Å². The Morgan fingerprint density at radius 3 is 2.34 bits per heavy atom. The van der Waals surface area contributed by atoms with E-state index in [9.17, 15) is 26.7 Å². The number of benzene rings is 1. The third-order valence-corrected chi connectivity index (χ3v) is 7.21. The molecule has 1 aromatic heterocycles. The van der Waals surface area contributed by atoms with Crippen molar-refractivity contribution in [3.8, 4) is 11.8 Å². The summed E-state index contributed by atoms with van der Waals surface area (Å²) >= 11 is 0. The van der Waals surface area contributed by atoms with Gasteiger partial charge in [-0.15, -0.1) is 5.92 Å². The molecule has 1 aromatic carbocycles. The Bertz CT molecular complexity index is 1120. The van der Waals surface area contributed by atoms with Crippen molar-refractivity contribution in [2.45, 2.75) is 36.6 Å². The molecule has 0 radical (unpaired) electrons. The lowest BCUT2D eigenvalue weighted by molar-refractivity contribution is -0.258. The molecule has 0 spiro atoms. The Morgan fingerprint density at radius 1 is 1.16 bits per heavy atom. The minimum absolute atomic E-state index is 0.0158. The van der Waals surface area contributed by atoms with Gasteiger partial charge in [-0.25, -0.2) is 13.4 Å². The summed E-state index contributed by atoms with van der Waals surface area (Å²) in [6, 6.07) is 7.63. The average molecular weight is 469 g/mol. The van der Waals surface area contributed by atoms with Crippen molar-refractivity contribution in [3.63, 3.8) is 0 Å². The standard InChI is InChI=1S/C21H23F3N4O3S/c1-3-4-17-14-27(32(30,31)18-9-10-19(25)26-13-18)11-12-28(17)16-7-5-15(6-8-16)20(2,29)21(22,23)24/h5-10,13,17,29H,11-12,14H2,1-2H3,(H2,25,26)/t17-,20+/m0/s1. The SMILES string of the molecule is CC#C[C@H]1CN(S(=O)(=O)c2ccc(N)nc2)CCN1c1ccc([C@@](C)(O)C(F)(F)F)cc1. The highest BCUT2D eigenvalue weighted by Gasteiger charge is 2.51. The van der Waals surface area contributed by atoms with Crippen LogP contribution in [0.15, 0.2) is 47.5 Å². The highest BCUT2D eigenvalue weighted by atomic mass is 32.2. The highest BCUT2D eigenvalue weighted by molar-refractivity contribution is 7.89. The number of aliphatic hydroxyl groups is 1.